The van der Waals surface area contributed by atoms with Gasteiger partial charge >= 0.3 is 0 Å². The second-order valence-corrected chi connectivity index (χ2v) is 6.58. The average molecular weight is 463 g/mol. The van der Waals surface area contributed by atoms with Gasteiger partial charge in [-0.05, 0) is 24.7 Å². The first-order valence-electron chi connectivity index (χ1n) is 8.65. The smallest absolute Gasteiger partial charge is 0.220 e. The molecule has 2 rings (SSSR count). The number of hydrogen-bond donors (Lipinski definition) is 2. The van der Waals surface area contributed by atoms with Crippen molar-refractivity contribution in [1.29, 1.82) is 0 Å². The molecule has 142 valence electrons. The SMILES string of the molecule is CN=C(NCc1cc(C(C)C)no1)N1CCC(CC(=O)NC)CC1.I. The molecule has 7 nitrogen and oxygen atoms in total. The minimum absolute atomic E-state index is 0. The molecule has 1 aromatic rings. The summed E-state index contributed by atoms with van der Waals surface area (Å²) in [4.78, 5) is 18.1. The Morgan fingerprint density at radius 1 is 1.44 bits per heavy atom. The monoisotopic (exact) mass is 463 g/mol. The third-order valence-corrected chi connectivity index (χ3v) is 4.47. The van der Waals surface area contributed by atoms with Crippen molar-refractivity contribution < 1.29 is 9.32 Å². The van der Waals surface area contributed by atoms with Crippen molar-refractivity contribution in [3.63, 3.8) is 0 Å². The molecule has 1 aliphatic heterocycles. The second-order valence-electron chi connectivity index (χ2n) is 6.58. The number of halogens is 1. The molecule has 0 aliphatic carbocycles. The number of aromatic nitrogens is 1. The zero-order valence-electron chi connectivity index (χ0n) is 15.5. The predicted octanol–water partition coefficient (Wildman–Crippen LogP) is 2.34. The molecule has 0 atom stereocenters. The van der Waals surface area contributed by atoms with Crippen LogP contribution < -0.4 is 10.6 Å². The third-order valence-electron chi connectivity index (χ3n) is 4.47. The highest BCUT2D eigenvalue weighted by Gasteiger charge is 2.23. The van der Waals surface area contributed by atoms with Crippen molar-refractivity contribution in [3.05, 3.63) is 17.5 Å². The fraction of sp³-hybridized carbons (Fsp3) is 0.706. The number of aliphatic imine (C=N–C) groups is 1. The van der Waals surface area contributed by atoms with Gasteiger partial charge in [-0.1, -0.05) is 19.0 Å². The van der Waals surface area contributed by atoms with Gasteiger partial charge in [0.1, 0.15) is 0 Å². The van der Waals surface area contributed by atoms with Crippen LogP contribution in [0.15, 0.2) is 15.6 Å². The molecule has 1 amide bonds. The maximum atomic E-state index is 11.5. The van der Waals surface area contributed by atoms with E-state index in [0.29, 0.717) is 24.8 Å². The molecule has 0 unspecified atom stereocenters. The molecular formula is C17H30IN5O2. The lowest BCUT2D eigenvalue weighted by molar-refractivity contribution is -0.121. The number of likely N-dealkylation sites (tertiary alicyclic amines) is 1. The quantitative estimate of drug-likeness (QED) is 0.398. The summed E-state index contributed by atoms with van der Waals surface area (Å²) in [5.74, 6) is 2.64. The van der Waals surface area contributed by atoms with Crippen molar-refractivity contribution in [2.24, 2.45) is 10.9 Å². The number of piperidine rings is 1. The van der Waals surface area contributed by atoms with Crippen molar-refractivity contribution >= 4 is 35.8 Å². The Labute approximate surface area is 167 Å². The molecule has 0 saturated carbocycles. The van der Waals surface area contributed by atoms with Gasteiger partial charge in [0, 0.05) is 39.7 Å². The van der Waals surface area contributed by atoms with E-state index < -0.39 is 0 Å². The van der Waals surface area contributed by atoms with Gasteiger partial charge in [0.25, 0.3) is 0 Å². The van der Waals surface area contributed by atoms with Gasteiger partial charge in [-0.15, -0.1) is 24.0 Å². The lowest BCUT2D eigenvalue weighted by Gasteiger charge is -2.33. The number of rotatable bonds is 5. The normalized spacial score (nSPS) is 15.9. The van der Waals surface area contributed by atoms with E-state index in [1.807, 2.05) is 6.07 Å². The van der Waals surface area contributed by atoms with E-state index >= 15 is 0 Å². The molecule has 1 aliphatic rings. The fourth-order valence-corrected chi connectivity index (χ4v) is 2.90. The van der Waals surface area contributed by atoms with Crippen LogP contribution in [0, 0.1) is 5.92 Å². The minimum atomic E-state index is 0. The van der Waals surface area contributed by atoms with E-state index in [-0.39, 0.29) is 29.9 Å². The first-order valence-corrected chi connectivity index (χ1v) is 8.65. The van der Waals surface area contributed by atoms with Gasteiger partial charge in [0.15, 0.2) is 11.7 Å². The van der Waals surface area contributed by atoms with E-state index in [1.165, 1.54) is 0 Å². The Bertz CT molecular complexity index is 565. The van der Waals surface area contributed by atoms with Gasteiger partial charge in [0.05, 0.1) is 12.2 Å². The van der Waals surface area contributed by atoms with Crippen molar-refractivity contribution in [3.8, 4) is 0 Å². The van der Waals surface area contributed by atoms with Crippen LogP contribution in [-0.4, -0.2) is 49.1 Å². The topological polar surface area (TPSA) is 82.8 Å². The number of carbonyl (C=O) groups excluding carboxylic acids is 1. The largest absolute Gasteiger partial charge is 0.359 e. The van der Waals surface area contributed by atoms with Crippen molar-refractivity contribution in [2.45, 2.75) is 45.6 Å². The van der Waals surface area contributed by atoms with Gasteiger partial charge in [-0.25, -0.2) is 0 Å². The fourth-order valence-electron chi connectivity index (χ4n) is 2.90. The number of carbonyl (C=O) groups is 1. The number of nitrogens with one attached hydrogen (secondary N) is 2. The first kappa shape index (κ1) is 21.7. The summed E-state index contributed by atoms with van der Waals surface area (Å²) in [7, 11) is 3.48. The molecule has 0 radical (unpaired) electrons. The van der Waals surface area contributed by atoms with Crippen LogP contribution in [0.2, 0.25) is 0 Å². The van der Waals surface area contributed by atoms with Crippen LogP contribution in [0.4, 0.5) is 0 Å². The summed E-state index contributed by atoms with van der Waals surface area (Å²) in [6.07, 6.45) is 2.63. The summed E-state index contributed by atoms with van der Waals surface area (Å²) in [6, 6.07) is 1.99. The maximum Gasteiger partial charge on any atom is 0.220 e. The summed E-state index contributed by atoms with van der Waals surface area (Å²) in [5, 5.41) is 10.1. The maximum absolute atomic E-state index is 11.5. The summed E-state index contributed by atoms with van der Waals surface area (Å²) >= 11 is 0. The molecule has 1 saturated heterocycles. The Balaban J connectivity index is 0.00000312. The molecule has 2 N–H and O–H groups in total. The zero-order valence-corrected chi connectivity index (χ0v) is 17.9. The molecule has 8 heteroatoms. The van der Waals surface area contributed by atoms with E-state index in [4.69, 9.17) is 4.52 Å². The summed E-state index contributed by atoms with van der Waals surface area (Å²) in [6.45, 7) is 6.59. The highest BCUT2D eigenvalue weighted by Crippen LogP contribution is 2.20. The molecule has 1 aromatic heterocycles. The Hall–Kier alpha value is -1.32. The van der Waals surface area contributed by atoms with Crippen LogP contribution in [0.25, 0.3) is 0 Å². The third kappa shape index (κ3) is 6.48. The zero-order chi connectivity index (χ0) is 17.5. The first-order chi connectivity index (χ1) is 11.5. The summed E-state index contributed by atoms with van der Waals surface area (Å²) < 4.78 is 5.35. The molecule has 0 spiro atoms. The lowest BCUT2D eigenvalue weighted by atomic mass is 9.93. The van der Waals surface area contributed by atoms with E-state index in [1.54, 1.807) is 14.1 Å². The second kappa shape index (κ2) is 10.6. The standard InChI is InChI=1S/C17H29N5O2.HI/c1-12(2)15-10-14(24-21-15)11-20-17(19-4)22-7-5-13(6-8-22)9-16(23)18-3;/h10,12-13H,5-9,11H2,1-4H3,(H,18,23)(H,19,20);1H. The lowest BCUT2D eigenvalue weighted by Crippen LogP contribution is -2.45. The predicted molar refractivity (Wildman–Crippen MR) is 109 cm³/mol. The van der Waals surface area contributed by atoms with Crippen LogP contribution in [-0.2, 0) is 11.3 Å². The van der Waals surface area contributed by atoms with Crippen LogP contribution in [0.3, 0.4) is 0 Å². The molecule has 2 heterocycles. The molecule has 0 aromatic carbocycles. The van der Waals surface area contributed by atoms with Crippen LogP contribution >= 0.6 is 24.0 Å². The van der Waals surface area contributed by atoms with Gasteiger partial charge in [-0.3, -0.25) is 9.79 Å². The Morgan fingerprint density at radius 2 is 2.12 bits per heavy atom. The number of hydrogen-bond acceptors (Lipinski definition) is 4. The molecule has 0 bridgehead atoms. The number of nitrogens with zero attached hydrogens (tertiary/aromatic N) is 3. The van der Waals surface area contributed by atoms with Crippen LogP contribution in [0.5, 0.6) is 0 Å². The highest BCUT2D eigenvalue weighted by atomic mass is 127. The van der Waals surface area contributed by atoms with Gasteiger partial charge in [0.2, 0.25) is 5.91 Å². The Morgan fingerprint density at radius 3 is 2.64 bits per heavy atom. The molecular weight excluding hydrogens is 433 g/mol. The minimum Gasteiger partial charge on any atom is -0.359 e. The molecule has 1 fully saturated rings. The van der Waals surface area contributed by atoms with E-state index in [2.05, 4.69) is 39.5 Å². The van der Waals surface area contributed by atoms with E-state index in [9.17, 15) is 4.79 Å². The van der Waals surface area contributed by atoms with Crippen molar-refractivity contribution in [2.75, 3.05) is 27.2 Å². The number of amides is 1. The van der Waals surface area contributed by atoms with Gasteiger partial charge < -0.3 is 20.1 Å². The van der Waals surface area contributed by atoms with Crippen molar-refractivity contribution in [1.82, 2.24) is 20.7 Å². The van der Waals surface area contributed by atoms with Crippen LogP contribution in [0.1, 0.15) is 50.5 Å². The Kier molecular flexibility index (Phi) is 9.23. The van der Waals surface area contributed by atoms with E-state index in [0.717, 1.165) is 43.3 Å². The number of guanidine groups is 1. The summed E-state index contributed by atoms with van der Waals surface area (Å²) in [5.41, 5.74) is 0.969. The average Bonchev–Trinajstić information content (AvgIpc) is 3.06. The highest BCUT2D eigenvalue weighted by molar-refractivity contribution is 14.0. The molecule has 25 heavy (non-hydrogen) atoms. The van der Waals surface area contributed by atoms with Gasteiger partial charge in [-0.2, -0.15) is 0 Å².